The zero-order chi connectivity index (χ0) is 10.7. The van der Waals surface area contributed by atoms with Crippen LogP contribution in [0, 0.1) is 5.82 Å². The number of carboxylic acids is 1. The molecule has 1 unspecified atom stereocenters. The largest absolute Gasteiger partial charge is 0.480 e. The molecule has 0 bridgehead atoms. The molecule has 0 fully saturated rings. The normalized spacial score (nSPS) is 14.8. The molecule has 5 heteroatoms. The number of carbonyl (C=O) groups is 1. The second-order valence-corrected chi connectivity index (χ2v) is 2.83. The molecule has 76 valence electrons. The van der Waals surface area contributed by atoms with E-state index in [1.54, 1.807) is 0 Å². The molecule has 0 saturated carbocycles. The summed E-state index contributed by atoms with van der Waals surface area (Å²) in [5, 5.41) is 17.9. The fourth-order valence-electron chi connectivity index (χ4n) is 1.04. The van der Waals surface area contributed by atoms with E-state index in [0.717, 1.165) is 6.07 Å². The lowest BCUT2D eigenvalue weighted by Gasteiger charge is -2.15. The van der Waals surface area contributed by atoms with E-state index in [-0.39, 0.29) is 5.56 Å². The molecule has 0 aromatic heterocycles. The number of carboxylic acid groups (broad SMARTS) is 1. The minimum atomic E-state index is -1.53. The summed E-state index contributed by atoms with van der Waals surface area (Å²) >= 11 is 0. The summed E-state index contributed by atoms with van der Waals surface area (Å²) in [4.78, 5) is 10.4. The Labute approximate surface area is 79.8 Å². The van der Waals surface area contributed by atoms with Crippen LogP contribution in [0.25, 0.3) is 0 Å². The standard InChI is InChI=1S/C9H10FNO3/c10-6-4-2-1-3-5(6)8(12)7(11)9(13)14/h1-4,7-8,12H,11H2,(H,13,14)/t7-,8?/m0/s1. The molecule has 0 aliphatic rings. The van der Waals surface area contributed by atoms with Crippen molar-refractivity contribution in [3.8, 4) is 0 Å². The highest BCUT2D eigenvalue weighted by Crippen LogP contribution is 2.18. The number of benzene rings is 1. The van der Waals surface area contributed by atoms with E-state index in [2.05, 4.69) is 0 Å². The van der Waals surface area contributed by atoms with Crippen molar-refractivity contribution in [2.24, 2.45) is 5.73 Å². The molecule has 1 aromatic rings. The van der Waals surface area contributed by atoms with E-state index >= 15 is 0 Å². The van der Waals surface area contributed by atoms with E-state index in [1.807, 2.05) is 0 Å². The lowest BCUT2D eigenvalue weighted by molar-refractivity contribution is -0.141. The fourth-order valence-corrected chi connectivity index (χ4v) is 1.04. The first-order valence-electron chi connectivity index (χ1n) is 3.95. The Morgan fingerprint density at radius 2 is 2.00 bits per heavy atom. The van der Waals surface area contributed by atoms with Crippen LogP contribution in [0.2, 0.25) is 0 Å². The fraction of sp³-hybridized carbons (Fsp3) is 0.222. The topological polar surface area (TPSA) is 83.6 Å². The van der Waals surface area contributed by atoms with Crippen LogP contribution in [0.3, 0.4) is 0 Å². The Kier molecular flexibility index (Phi) is 3.16. The van der Waals surface area contributed by atoms with Gasteiger partial charge in [-0.15, -0.1) is 0 Å². The van der Waals surface area contributed by atoms with E-state index in [1.165, 1.54) is 18.2 Å². The molecule has 0 radical (unpaired) electrons. The molecule has 0 heterocycles. The van der Waals surface area contributed by atoms with Crippen LogP contribution in [0.15, 0.2) is 24.3 Å². The lowest BCUT2D eigenvalue weighted by Crippen LogP contribution is -2.36. The number of aliphatic hydroxyl groups is 1. The molecule has 0 saturated heterocycles. The molecular weight excluding hydrogens is 189 g/mol. The van der Waals surface area contributed by atoms with E-state index in [0.29, 0.717) is 0 Å². The van der Waals surface area contributed by atoms with Gasteiger partial charge in [0, 0.05) is 5.56 Å². The maximum absolute atomic E-state index is 13.1. The van der Waals surface area contributed by atoms with Crippen LogP contribution < -0.4 is 5.73 Å². The Morgan fingerprint density at radius 3 is 2.50 bits per heavy atom. The number of hydrogen-bond acceptors (Lipinski definition) is 3. The van der Waals surface area contributed by atoms with Crippen molar-refractivity contribution < 1.29 is 19.4 Å². The van der Waals surface area contributed by atoms with Gasteiger partial charge in [-0.2, -0.15) is 0 Å². The van der Waals surface area contributed by atoms with Crippen molar-refractivity contribution in [1.82, 2.24) is 0 Å². The molecule has 0 spiro atoms. The van der Waals surface area contributed by atoms with Gasteiger partial charge in [-0.1, -0.05) is 18.2 Å². The number of rotatable bonds is 3. The predicted octanol–water partition coefficient (Wildman–Crippen LogP) is 0.271. The number of halogens is 1. The Bertz CT molecular complexity index is 343. The average Bonchev–Trinajstić information content (AvgIpc) is 2.16. The molecule has 14 heavy (non-hydrogen) atoms. The van der Waals surface area contributed by atoms with Crippen LogP contribution in [-0.2, 0) is 4.79 Å². The smallest absolute Gasteiger partial charge is 0.323 e. The highest BCUT2D eigenvalue weighted by molar-refractivity contribution is 5.74. The monoisotopic (exact) mass is 199 g/mol. The molecule has 1 rings (SSSR count). The van der Waals surface area contributed by atoms with Crippen molar-refractivity contribution >= 4 is 5.97 Å². The van der Waals surface area contributed by atoms with Gasteiger partial charge >= 0.3 is 5.97 Å². The molecule has 4 nitrogen and oxygen atoms in total. The van der Waals surface area contributed by atoms with Gasteiger partial charge in [0.2, 0.25) is 0 Å². The summed E-state index contributed by atoms with van der Waals surface area (Å²) in [5.41, 5.74) is 5.04. The maximum Gasteiger partial charge on any atom is 0.323 e. The van der Waals surface area contributed by atoms with Crippen molar-refractivity contribution in [2.45, 2.75) is 12.1 Å². The van der Waals surface area contributed by atoms with Crippen LogP contribution >= 0.6 is 0 Å². The highest BCUT2D eigenvalue weighted by Gasteiger charge is 2.25. The first-order valence-corrected chi connectivity index (χ1v) is 3.95. The maximum atomic E-state index is 13.1. The third kappa shape index (κ3) is 2.07. The van der Waals surface area contributed by atoms with Crippen LogP contribution in [-0.4, -0.2) is 22.2 Å². The first kappa shape index (κ1) is 10.6. The number of aliphatic carboxylic acids is 1. The molecule has 0 amide bonds. The molecule has 4 N–H and O–H groups in total. The third-order valence-electron chi connectivity index (χ3n) is 1.85. The van der Waals surface area contributed by atoms with E-state index in [9.17, 15) is 14.3 Å². The van der Waals surface area contributed by atoms with Gasteiger partial charge in [0.15, 0.2) is 0 Å². The first-order chi connectivity index (χ1) is 6.54. The van der Waals surface area contributed by atoms with Gasteiger partial charge in [0.1, 0.15) is 18.0 Å². The zero-order valence-electron chi connectivity index (χ0n) is 7.22. The minimum Gasteiger partial charge on any atom is -0.480 e. The summed E-state index contributed by atoms with van der Waals surface area (Å²) in [5.74, 6) is -2.04. The lowest BCUT2D eigenvalue weighted by atomic mass is 10.0. The second kappa shape index (κ2) is 4.17. The van der Waals surface area contributed by atoms with Crippen molar-refractivity contribution in [1.29, 1.82) is 0 Å². The van der Waals surface area contributed by atoms with Crippen molar-refractivity contribution in [3.63, 3.8) is 0 Å². The van der Waals surface area contributed by atoms with Gasteiger partial charge in [-0.05, 0) is 6.07 Å². The third-order valence-corrected chi connectivity index (χ3v) is 1.85. The average molecular weight is 199 g/mol. The molecular formula is C9H10FNO3. The van der Waals surface area contributed by atoms with Crippen LogP contribution in [0.1, 0.15) is 11.7 Å². The summed E-state index contributed by atoms with van der Waals surface area (Å²) in [6.45, 7) is 0. The Morgan fingerprint density at radius 1 is 1.43 bits per heavy atom. The van der Waals surface area contributed by atoms with E-state index < -0.39 is 23.9 Å². The highest BCUT2D eigenvalue weighted by atomic mass is 19.1. The van der Waals surface area contributed by atoms with Crippen molar-refractivity contribution in [2.75, 3.05) is 0 Å². The molecule has 1 aromatic carbocycles. The van der Waals surface area contributed by atoms with Gasteiger partial charge in [0.05, 0.1) is 0 Å². The second-order valence-electron chi connectivity index (χ2n) is 2.83. The Balaban J connectivity index is 2.94. The SMILES string of the molecule is N[C@H](C(=O)O)C(O)c1ccccc1F. The summed E-state index contributed by atoms with van der Waals surface area (Å²) in [6, 6.07) is 3.84. The summed E-state index contributed by atoms with van der Waals surface area (Å²) < 4.78 is 13.1. The number of aliphatic hydroxyl groups excluding tert-OH is 1. The van der Waals surface area contributed by atoms with E-state index in [4.69, 9.17) is 10.8 Å². The quantitative estimate of drug-likeness (QED) is 0.652. The van der Waals surface area contributed by atoms with Gasteiger partial charge < -0.3 is 15.9 Å². The molecule has 0 aliphatic heterocycles. The zero-order valence-corrected chi connectivity index (χ0v) is 7.22. The minimum absolute atomic E-state index is 0.109. The molecule has 2 atom stereocenters. The summed E-state index contributed by atoms with van der Waals surface area (Å²) in [6.07, 6.45) is -1.53. The number of nitrogens with two attached hydrogens (primary N) is 1. The van der Waals surface area contributed by atoms with Gasteiger partial charge in [-0.3, -0.25) is 4.79 Å². The van der Waals surface area contributed by atoms with Crippen LogP contribution in [0.4, 0.5) is 4.39 Å². The van der Waals surface area contributed by atoms with Crippen molar-refractivity contribution in [3.05, 3.63) is 35.6 Å². The van der Waals surface area contributed by atoms with Gasteiger partial charge in [-0.25, -0.2) is 4.39 Å². The van der Waals surface area contributed by atoms with Crippen LogP contribution in [0.5, 0.6) is 0 Å². The predicted molar refractivity (Wildman–Crippen MR) is 47.0 cm³/mol. The summed E-state index contributed by atoms with van der Waals surface area (Å²) in [7, 11) is 0. The van der Waals surface area contributed by atoms with Gasteiger partial charge in [0.25, 0.3) is 0 Å². The Hall–Kier alpha value is -1.46. The number of hydrogen-bond donors (Lipinski definition) is 3. The molecule has 0 aliphatic carbocycles.